The molecule has 40 heavy (non-hydrogen) atoms. The summed E-state index contributed by atoms with van der Waals surface area (Å²) in [5.74, 6) is -0.119. The molecule has 0 unspecified atom stereocenters. The maximum atomic E-state index is 14.4. The van der Waals surface area contributed by atoms with Crippen molar-refractivity contribution < 1.29 is 4.79 Å². The number of hydrogen-bond donors (Lipinski definition) is 1. The van der Waals surface area contributed by atoms with Crippen LogP contribution in [-0.4, -0.2) is 15.0 Å². The van der Waals surface area contributed by atoms with Crippen LogP contribution in [0.4, 0.5) is 5.69 Å². The number of halogens is 2. The lowest BCUT2D eigenvalue weighted by Crippen LogP contribution is -2.38. The monoisotopic (exact) mass is 567 g/mol. The molecule has 2 aromatic heterocycles. The number of carbonyl (C=O) groups excluding carboxylic acids is 1. The standard InChI is InChI=1S/C34H31Cl2N3O/c1-21-15-28(23(3)38(21)19-25-11-7-5-8-12-25)34(30-17-27(35)18-31(36)32(30)37-33(34)40)29-16-22(2)39(24(29)4)20-26-13-9-6-10-14-26/h5-18H,19-20H2,1-4H3,(H,37,40). The number of amides is 1. The van der Waals surface area contributed by atoms with Crippen LogP contribution in [0.25, 0.3) is 0 Å². The molecular weight excluding hydrogens is 537 g/mol. The lowest BCUT2D eigenvalue weighted by molar-refractivity contribution is -0.118. The van der Waals surface area contributed by atoms with Gasteiger partial charge in [-0.3, -0.25) is 4.79 Å². The SMILES string of the molecule is Cc1cc(C2(c3cc(C)n(Cc4ccccc4)c3C)C(=O)Nc3c(Cl)cc(Cl)cc32)c(C)n1Cc1ccccc1. The summed E-state index contributed by atoms with van der Waals surface area (Å²) in [6, 6.07) is 28.7. The van der Waals surface area contributed by atoms with Gasteiger partial charge in [-0.15, -0.1) is 0 Å². The third-order valence-electron chi connectivity index (χ3n) is 8.36. The molecular formula is C34H31Cl2N3O. The molecule has 5 aromatic rings. The molecule has 0 saturated carbocycles. The lowest BCUT2D eigenvalue weighted by Gasteiger charge is -2.29. The third kappa shape index (κ3) is 4.09. The number of fused-ring (bicyclic) bond motifs is 1. The van der Waals surface area contributed by atoms with E-state index >= 15 is 0 Å². The first-order chi connectivity index (χ1) is 19.2. The summed E-state index contributed by atoms with van der Waals surface area (Å²) in [6.07, 6.45) is 0. The molecule has 6 heteroatoms. The normalized spacial score (nSPS) is 13.9. The van der Waals surface area contributed by atoms with E-state index in [2.05, 4.69) is 103 Å². The van der Waals surface area contributed by atoms with Gasteiger partial charge in [0.1, 0.15) is 5.41 Å². The third-order valence-corrected chi connectivity index (χ3v) is 8.88. The molecule has 6 rings (SSSR count). The first-order valence-electron chi connectivity index (χ1n) is 13.4. The van der Waals surface area contributed by atoms with Crippen molar-refractivity contribution >= 4 is 34.8 Å². The van der Waals surface area contributed by atoms with Gasteiger partial charge in [-0.05, 0) is 74.2 Å². The highest BCUT2D eigenvalue weighted by molar-refractivity contribution is 6.38. The maximum absolute atomic E-state index is 14.4. The molecule has 0 bridgehead atoms. The van der Waals surface area contributed by atoms with Gasteiger partial charge in [-0.1, -0.05) is 83.9 Å². The first kappa shape index (κ1) is 26.5. The number of aryl methyl sites for hydroxylation is 2. The fraction of sp³-hybridized carbons (Fsp3) is 0.206. The van der Waals surface area contributed by atoms with Crippen molar-refractivity contribution in [3.63, 3.8) is 0 Å². The van der Waals surface area contributed by atoms with Crippen molar-refractivity contribution in [1.29, 1.82) is 0 Å². The second-order valence-electron chi connectivity index (χ2n) is 10.7. The summed E-state index contributed by atoms with van der Waals surface area (Å²) in [6.45, 7) is 9.84. The van der Waals surface area contributed by atoms with Gasteiger partial charge in [0.25, 0.3) is 0 Å². The number of rotatable bonds is 6. The highest BCUT2D eigenvalue weighted by atomic mass is 35.5. The number of aromatic nitrogens is 2. The number of benzene rings is 3. The number of anilines is 1. The van der Waals surface area contributed by atoms with Gasteiger partial charge in [-0.2, -0.15) is 0 Å². The Hall–Kier alpha value is -3.73. The molecule has 0 radical (unpaired) electrons. The second-order valence-corrected chi connectivity index (χ2v) is 11.6. The van der Waals surface area contributed by atoms with Gasteiger partial charge in [0.05, 0.1) is 10.7 Å². The average Bonchev–Trinajstić information content (AvgIpc) is 3.50. The van der Waals surface area contributed by atoms with Crippen LogP contribution in [0.5, 0.6) is 0 Å². The topological polar surface area (TPSA) is 39.0 Å². The van der Waals surface area contributed by atoms with Gasteiger partial charge < -0.3 is 14.5 Å². The van der Waals surface area contributed by atoms with Gasteiger partial charge >= 0.3 is 0 Å². The van der Waals surface area contributed by atoms with Crippen molar-refractivity contribution in [2.45, 2.75) is 46.2 Å². The van der Waals surface area contributed by atoms with E-state index in [9.17, 15) is 4.79 Å². The maximum Gasteiger partial charge on any atom is 0.244 e. The Labute approximate surface area is 245 Å². The number of nitrogens with one attached hydrogen (secondary N) is 1. The summed E-state index contributed by atoms with van der Waals surface area (Å²) in [7, 11) is 0. The van der Waals surface area contributed by atoms with E-state index in [-0.39, 0.29) is 5.91 Å². The van der Waals surface area contributed by atoms with E-state index in [1.807, 2.05) is 18.2 Å². The number of carbonyl (C=O) groups is 1. The van der Waals surface area contributed by atoms with Crippen LogP contribution in [-0.2, 0) is 23.3 Å². The van der Waals surface area contributed by atoms with Gasteiger partial charge in [0.2, 0.25) is 5.91 Å². The molecule has 0 saturated heterocycles. The minimum absolute atomic E-state index is 0.119. The Morgan fingerprint density at radius 2 is 1.15 bits per heavy atom. The molecule has 1 N–H and O–H groups in total. The van der Waals surface area contributed by atoms with Crippen LogP contribution in [0, 0.1) is 27.7 Å². The fourth-order valence-corrected chi connectivity index (χ4v) is 6.93. The van der Waals surface area contributed by atoms with Crippen LogP contribution in [0.15, 0.2) is 84.9 Å². The van der Waals surface area contributed by atoms with E-state index in [1.54, 1.807) is 6.07 Å². The van der Waals surface area contributed by atoms with E-state index in [1.165, 1.54) is 11.1 Å². The van der Waals surface area contributed by atoms with Gasteiger partial charge in [0.15, 0.2) is 0 Å². The molecule has 4 nitrogen and oxygen atoms in total. The molecule has 3 heterocycles. The average molecular weight is 569 g/mol. The van der Waals surface area contributed by atoms with Crippen LogP contribution >= 0.6 is 23.2 Å². The minimum atomic E-state index is -1.11. The largest absolute Gasteiger partial charge is 0.344 e. The van der Waals surface area contributed by atoms with Crippen molar-refractivity contribution in [3.8, 4) is 0 Å². The smallest absolute Gasteiger partial charge is 0.244 e. The van der Waals surface area contributed by atoms with E-state index in [0.717, 1.165) is 39.5 Å². The predicted molar refractivity (Wildman–Crippen MR) is 164 cm³/mol. The zero-order chi connectivity index (χ0) is 28.2. The zero-order valence-electron chi connectivity index (χ0n) is 23.1. The van der Waals surface area contributed by atoms with Crippen LogP contribution in [0.2, 0.25) is 10.0 Å². The number of nitrogens with zero attached hydrogens (tertiary/aromatic N) is 2. The molecule has 0 spiro atoms. The van der Waals surface area contributed by atoms with Gasteiger partial charge in [-0.25, -0.2) is 0 Å². The quantitative estimate of drug-likeness (QED) is 0.220. The molecule has 1 amide bonds. The van der Waals surface area contributed by atoms with Crippen LogP contribution < -0.4 is 5.32 Å². The lowest BCUT2D eigenvalue weighted by atomic mass is 9.70. The Morgan fingerprint density at radius 3 is 1.62 bits per heavy atom. The second kappa shape index (κ2) is 10.0. The molecule has 0 aliphatic carbocycles. The van der Waals surface area contributed by atoms with Crippen molar-refractivity contribution in [1.82, 2.24) is 9.13 Å². The Bertz CT molecular complexity index is 1660. The molecule has 1 aliphatic heterocycles. The summed E-state index contributed by atoms with van der Waals surface area (Å²) in [5, 5.41) is 4.08. The van der Waals surface area contributed by atoms with E-state index in [4.69, 9.17) is 23.2 Å². The summed E-state index contributed by atoms with van der Waals surface area (Å²) < 4.78 is 4.57. The van der Waals surface area contributed by atoms with Gasteiger partial charge in [0, 0.05) is 46.5 Å². The molecule has 3 aromatic carbocycles. The fourth-order valence-electron chi connectivity index (χ4n) is 6.39. The summed E-state index contributed by atoms with van der Waals surface area (Å²) >= 11 is 13.3. The zero-order valence-corrected chi connectivity index (χ0v) is 24.6. The Morgan fingerprint density at radius 1 is 0.675 bits per heavy atom. The van der Waals surface area contributed by atoms with Crippen LogP contribution in [0.3, 0.4) is 0 Å². The minimum Gasteiger partial charge on any atom is -0.344 e. The molecule has 1 aliphatic rings. The molecule has 0 fully saturated rings. The molecule has 202 valence electrons. The first-order valence-corrected chi connectivity index (χ1v) is 14.2. The highest BCUT2D eigenvalue weighted by Gasteiger charge is 2.53. The molecule has 0 atom stereocenters. The number of hydrogen-bond acceptors (Lipinski definition) is 1. The summed E-state index contributed by atoms with van der Waals surface area (Å²) in [4.78, 5) is 14.4. The highest BCUT2D eigenvalue weighted by Crippen LogP contribution is 2.53. The van der Waals surface area contributed by atoms with E-state index in [0.29, 0.717) is 28.8 Å². The Kier molecular flexibility index (Phi) is 6.64. The van der Waals surface area contributed by atoms with Crippen molar-refractivity contribution in [2.24, 2.45) is 0 Å². The van der Waals surface area contributed by atoms with Crippen molar-refractivity contribution in [2.75, 3.05) is 5.32 Å². The Balaban J connectivity index is 1.61. The summed E-state index contributed by atoms with van der Waals surface area (Å²) in [5.41, 5.74) is 8.82. The van der Waals surface area contributed by atoms with Crippen molar-refractivity contribution in [3.05, 3.63) is 146 Å². The predicted octanol–water partition coefficient (Wildman–Crippen LogP) is 8.21. The van der Waals surface area contributed by atoms with Crippen LogP contribution in [0.1, 0.15) is 50.6 Å². The van der Waals surface area contributed by atoms with E-state index < -0.39 is 5.41 Å².